The van der Waals surface area contributed by atoms with Gasteiger partial charge in [0, 0.05) is 6.42 Å². The van der Waals surface area contributed by atoms with Crippen molar-refractivity contribution in [2.24, 2.45) is 5.73 Å². The first-order valence-corrected chi connectivity index (χ1v) is 6.52. The van der Waals surface area contributed by atoms with E-state index in [1.807, 2.05) is 6.07 Å². The maximum absolute atomic E-state index is 6.29. The fourth-order valence-corrected chi connectivity index (χ4v) is 2.68. The van der Waals surface area contributed by atoms with E-state index in [0.717, 1.165) is 23.6 Å². The van der Waals surface area contributed by atoms with Crippen LogP contribution in [-0.4, -0.2) is 12.1 Å². The Morgan fingerprint density at radius 1 is 1.47 bits per heavy atom. The minimum absolute atomic E-state index is 0.137. The van der Waals surface area contributed by atoms with E-state index in [1.165, 1.54) is 11.1 Å². The van der Waals surface area contributed by atoms with Gasteiger partial charge in [0.05, 0.1) is 5.02 Å². The van der Waals surface area contributed by atoms with Crippen molar-refractivity contribution in [3.8, 4) is 5.75 Å². The number of nitrogens with two attached hydrogens (primary N) is 1. The van der Waals surface area contributed by atoms with Crippen molar-refractivity contribution in [3.05, 3.63) is 28.3 Å². The number of fused-ring (bicyclic) bond motifs is 1. The van der Waals surface area contributed by atoms with E-state index >= 15 is 0 Å². The normalized spacial score (nSPS) is 18.6. The fourth-order valence-electron chi connectivity index (χ4n) is 2.39. The highest BCUT2D eigenvalue weighted by Crippen LogP contribution is 2.42. The van der Waals surface area contributed by atoms with Crippen molar-refractivity contribution >= 4 is 11.6 Å². The highest BCUT2D eigenvalue weighted by Gasteiger charge is 2.32. The molecule has 0 amide bonds. The molecule has 0 bridgehead atoms. The number of ether oxygens (including phenoxy) is 1. The predicted molar refractivity (Wildman–Crippen MR) is 71.9 cm³/mol. The molecule has 2 nitrogen and oxygen atoms in total. The van der Waals surface area contributed by atoms with Crippen molar-refractivity contribution in [3.63, 3.8) is 0 Å². The van der Waals surface area contributed by atoms with E-state index in [-0.39, 0.29) is 5.60 Å². The lowest BCUT2D eigenvalue weighted by molar-refractivity contribution is 0.138. The summed E-state index contributed by atoms with van der Waals surface area (Å²) >= 11 is 6.29. The van der Waals surface area contributed by atoms with Crippen LogP contribution in [0.3, 0.4) is 0 Å². The lowest BCUT2D eigenvalue weighted by Crippen LogP contribution is -2.24. The second-order valence-electron chi connectivity index (χ2n) is 5.51. The van der Waals surface area contributed by atoms with Gasteiger partial charge in [-0.25, -0.2) is 0 Å². The lowest BCUT2D eigenvalue weighted by Gasteiger charge is -2.17. The summed E-state index contributed by atoms with van der Waals surface area (Å²) in [4.78, 5) is 0. The summed E-state index contributed by atoms with van der Waals surface area (Å²) in [6.07, 6.45) is 1.91. The van der Waals surface area contributed by atoms with Gasteiger partial charge in [-0.15, -0.1) is 0 Å². The lowest BCUT2D eigenvalue weighted by atomic mass is 9.93. The molecule has 1 heterocycles. The average molecular weight is 254 g/mol. The maximum Gasteiger partial charge on any atom is 0.142 e. The third-order valence-electron chi connectivity index (χ3n) is 3.31. The van der Waals surface area contributed by atoms with E-state index in [1.54, 1.807) is 0 Å². The zero-order valence-electron chi connectivity index (χ0n) is 10.7. The molecule has 0 aliphatic carbocycles. The molecule has 0 saturated carbocycles. The molecule has 0 aromatic heterocycles. The number of halogens is 1. The van der Waals surface area contributed by atoms with Gasteiger partial charge in [0.1, 0.15) is 11.4 Å². The predicted octanol–water partition coefficient (Wildman–Crippen LogP) is 3.51. The molecule has 94 valence electrons. The molecule has 1 atom stereocenters. The van der Waals surface area contributed by atoms with E-state index in [4.69, 9.17) is 22.1 Å². The summed E-state index contributed by atoms with van der Waals surface area (Å²) in [6.45, 7) is 7.07. The Morgan fingerprint density at radius 3 is 2.82 bits per heavy atom. The molecular weight excluding hydrogens is 234 g/mol. The number of hydrogen-bond acceptors (Lipinski definition) is 2. The topological polar surface area (TPSA) is 35.2 Å². The Labute approximate surface area is 108 Å². The van der Waals surface area contributed by atoms with E-state index < -0.39 is 0 Å². The molecule has 1 aromatic carbocycles. The summed E-state index contributed by atoms with van der Waals surface area (Å²) in [5, 5.41) is 0.729. The van der Waals surface area contributed by atoms with E-state index in [2.05, 4.69) is 26.8 Å². The van der Waals surface area contributed by atoms with Crippen LogP contribution in [-0.2, 0) is 6.42 Å². The Hall–Kier alpha value is -0.730. The second-order valence-corrected chi connectivity index (χ2v) is 5.92. The van der Waals surface area contributed by atoms with Gasteiger partial charge in [-0.1, -0.05) is 24.6 Å². The van der Waals surface area contributed by atoms with Gasteiger partial charge in [-0.05, 0) is 49.9 Å². The van der Waals surface area contributed by atoms with Gasteiger partial charge >= 0.3 is 0 Å². The third kappa shape index (κ3) is 2.58. The van der Waals surface area contributed by atoms with Crippen LogP contribution in [0.5, 0.6) is 5.75 Å². The Kier molecular flexibility index (Phi) is 3.37. The van der Waals surface area contributed by atoms with Gasteiger partial charge in [-0.3, -0.25) is 0 Å². The van der Waals surface area contributed by atoms with Crippen LogP contribution in [0.1, 0.15) is 44.2 Å². The van der Waals surface area contributed by atoms with Crippen LogP contribution < -0.4 is 10.5 Å². The molecular formula is C14H20ClNO. The SMILES string of the molecule is CC(CCN)c1cc(Cl)c2c(c1)CC(C)(C)O2. The van der Waals surface area contributed by atoms with Crippen molar-refractivity contribution < 1.29 is 4.74 Å². The van der Waals surface area contributed by atoms with Crippen molar-refractivity contribution in [2.75, 3.05) is 6.54 Å². The highest BCUT2D eigenvalue weighted by molar-refractivity contribution is 6.32. The molecule has 0 radical (unpaired) electrons. The first-order chi connectivity index (χ1) is 7.93. The third-order valence-corrected chi connectivity index (χ3v) is 3.59. The summed E-state index contributed by atoms with van der Waals surface area (Å²) in [5.74, 6) is 1.31. The standard InChI is InChI=1S/C14H20ClNO/c1-9(4-5-16)10-6-11-8-14(2,3)17-13(11)12(15)7-10/h6-7,9H,4-5,8,16H2,1-3H3. The molecule has 1 unspecified atom stereocenters. The molecule has 1 aliphatic rings. The number of rotatable bonds is 3. The van der Waals surface area contributed by atoms with Crippen LogP contribution in [0.4, 0.5) is 0 Å². The average Bonchev–Trinajstić information content (AvgIpc) is 2.53. The van der Waals surface area contributed by atoms with Gasteiger partial charge in [-0.2, -0.15) is 0 Å². The van der Waals surface area contributed by atoms with Gasteiger partial charge in [0.2, 0.25) is 0 Å². The summed E-state index contributed by atoms with van der Waals surface area (Å²) in [6, 6.07) is 4.23. The summed E-state index contributed by atoms with van der Waals surface area (Å²) in [5.41, 5.74) is 7.95. The minimum atomic E-state index is -0.137. The van der Waals surface area contributed by atoms with Crippen molar-refractivity contribution in [1.82, 2.24) is 0 Å². The van der Waals surface area contributed by atoms with Crippen molar-refractivity contribution in [1.29, 1.82) is 0 Å². The fraction of sp³-hybridized carbons (Fsp3) is 0.571. The van der Waals surface area contributed by atoms with Gasteiger partial charge in [0.25, 0.3) is 0 Å². The Bertz CT molecular complexity index is 428. The van der Waals surface area contributed by atoms with Gasteiger partial charge in [0.15, 0.2) is 0 Å². The van der Waals surface area contributed by atoms with Crippen molar-refractivity contribution in [2.45, 2.75) is 45.1 Å². The Morgan fingerprint density at radius 2 is 2.18 bits per heavy atom. The molecule has 3 heteroatoms. The van der Waals surface area contributed by atoms with E-state index in [9.17, 15) is 0 Å². The van der Waals surface area contributed by atoms with Crippen LogP contribution in [0.25, 0.3) is 0 Å². The van der Waals surface area contributed by atoms with E-state index in [0.29, 0.717) is 12.5 Å². The van der Waals surface area contributed by atoms with Crippen LogP contribution in [0, 0.1) is 0 Å². The molecule has 17 heavy (non-hydrogen) atoms. The summed E-state index contributed by atoms with van der Waals surface area (Å²) < 4.78 is 5.86. The second kappa shape index (κ2) is 4.51. The Balaban J connectivity index is 2.33. The number of benzene rings is 1. The molecule has 0 spiro atoms. The first kappa shape index (κ1) is 12.7. The molecule has 0 fully saturated rings. The molecule has 0 saturated heterocycles. The summed E-state index contributed by atoms with van der Waals surface area (Å²) in [7, 11) is 0. The zero-order chi connectivity index (χ0) is 12.6. The first-order valence-electron chi connectivity index (χ1n) is 6.14. The molecule has 1 aromatic rings. The number of hydrogen-bond donors (Lipinski definition) is 1. The van der Waals surface area contributed by atoms with Gasteiger partial charge < -0.3 is 10.5 Å². The van der Waals surface area contributed by atoms with Crippen LogP contribution in [0.15, 0.2) is 12.1 Å². The molecule has 1 aliphatic heterocycles. The monoisotopic (exact) mass is 253 g/mol. The highest BCUT2D eigenvalue weighted by atomic mass is 35.5. The van der Waals surface area contributed by atoms with Crippen LogP contribution >= 0.6 is 11.6 Å². The molecule has 2 N–H and O–H groups in total. The smallest absolute Gasteiger partial charge is 0.142 e. The van der Waals surface area contributed by atoms with Crippen LogP contribution in [0.2, 0.25) is 5.02 Å². The maximum atomic E-state index is 6.29. The zero-order valence-corrected chi connectivity index (χ0v) is 11.5. The molecule has 2 rings (SSSR count). The minimum Gasteiger partial charge on any atom is -0.486 e. The quantitative estimate of drug-likeness (QED) is 0.895. The largest absolute Gasteiger partial charge is 0.486 e.